The molecule has 1 unspecified atom stereocenters. The molecular weight excluding hydrogens is 520 g/mol. The van der Waals surface area contributed by atoms with Crippen LogP contribution in [-0.4, -0.2) is 36.1 Å². The Labute approximate surface area is 242 Å². The van der Waals surface area contributed by atoms with E-state index in [1.807, 2.05) is 67.3 Å². The van der Waals surface area contributed by atoms with Crippen molar-refractivity contribution in [2.24, 2.45) is 4.99 Å². The first-order valence-corrected chi connectivity index (χ1v) is 13.5. The smallest absolute Gasteiger partial charge is 0.0894 e. The first-order chi connectivity index (χ1) is 20.8. The molecule has 0 saturated carbocycles. The number of aliphatic imine (C=N–C) groups is 1. The quantitative estimate of drug-likeness (QED) is 0.257. The third-order valence-corrected chi connectivity index (χ3v) is 6.99. The summed E-state index contributed by atoms with van der Waals surface area (Å²) in [4.78, 5) is 31.4. The van der Waals surface area contributed by atoms with Gasteiger partial charge in [0.05, 0.1) is 53.1 Å². The second-order valence-electron chi connectivity index (χ2n) is 9.72. The third kappa shape index (κ3) is 5.29. The van der Waals surface area contributed by atoms with Gasteiger partial charge in [0.25, 0.3) is 0 Å². The third-order valence-electron chi connectivity index (χ3n) is 6.99. The van der Waals surface area contributed by atoms with Gasteiger partial charge in [0.2, 0.25) is 0 Å². The van der Waals surface area contributed by atoms with Crippen LogP contribution in [0.15, 0.2) is 134 Å². The summed E-state index contributed by atoms with van der Waals surface area (Å²) >= 11 is 0. The molecule has 8 nitrogen and oxygen atoms in total. The van der Waals surface area contributed by atoms with E-state index < -0.39 is 0 Å². The summed E-state index contributed by atoms with van der Waals surface area (Å²) in [7, 11) is 0. The average Bonchev–Trinajstić information content (AvgIpc) is 3.09. The molecule has 0 spiro atoms. The Hall–Kier alpha value is -5.89. The van der Waals surface area contributed by atoms with Crippen LogP contribution in [0.25, 0.3) is 50.7 Å². The topological polar surface area (TPSA) is 102 Å². The normalized spacial score (nSPS) is 14.2. The van der Waals surface area contributed by atoms with Crippen molar-refractivity contribution >= 4 is 11.9 Å². The molecule has 0 amide bonds. The van der Waals surface area contributed by atoms with Gasteiger partial charge < -0.3 is 5.32 Å². The molecule has 6 aromatic rings. The predicted molar refractivity (Wildman–Crippen MR) is 164 cm³/mol. The second-order valence-corrected chi connectivity index (χ2v) is 9.72. The zero-order valence-electron chi connectivity index (χ0n) is 22.4. The molecule has 1 N–H and O–H groups in total. The Morgan fingerprint density at radius 3 is 1.90 bits per heavy atom. The fourth-order valence-corrected chi connectivity index (χ4v) is 4.81. The van der Waals surface area contributed by atoms with Gasteiger partial charge in [-0.15, -0.1) is 0 Å². The fraction of sp³-hybridized carbons (Fsp3) is 0.0294. The van der Waals surface area contributed by atoms with Crippen molar-refractivity contribution in [3.8, 4) is 45.0 Å². The first-order valence-electron chi connectivity index (χ1n) is 13.5. The summed E-state index contributed by atoms with van der Waals surface area (Å²) in [6.07, 6.45) is 18.0. The molecule has 7 rings (SSSR count). The van der Waals surface area contributed by atoms with Gasteiger partial charge in [0.1, 0.15) is 0 Å². The van der Waals surface area contributed by atoms with E-state index >= 15 is 0 Å². The van der Waals surface area contributed by atoms with Crippen molar-refractivity contribution in [1.82, 2.24) is 35.2 Å². The summed E-state index contributed by atoms with van der Waals surface area (Å²) in [6, 6.07) is 24.0. The van der Waals surface area contributed by atoms with Crippen LogP contribution in [0.3, 0.4) is 0 Å². The summed E-state index contributed by atoms with van der Waals surface area (Å²) in [5.41, 5.74) is 10.2. The van der Waals surface area contributed by atoms with Crippen LogP contribution in [0.1, 0.15) is 17.2 Å². The Balaban J connectivity index is 1.10. The van der Waals surface area contributed by atoms with E-state index in [-0.39, 0.29) is 6.04 Å². The number of hydrogen-bond donors (Lipinski definition) is 1. The average molecular weight is 545 g/mol. The van der Waals surface area contributed by atoms with E-state index in [4.69, 9.17) is 4.98 Å². The van der Waals surface area contributed by atoms with E-state index in [1.54, 1.807) is 37.2 Å². The minimum absolute atomic E-state index is 0.0810. The Kier molecular flexibility index (Phi) is 6.76. The number of nitrogens with zero attached hydrogens (tertiary/aromatic N) is 7. The lowest BCUT2D eigenvalue weighted by Gasteiger charge is -2.22. The molecule has 1 aliphatic heterocycles. The van der Waals surface area contributed by atoms with Crippen LogP contribution in [-0.2, 0) is 0 Å². The van der Waals surface area contributed by atoms with Crippen molar-refractivity contribution < 1.29 is 0 Å². The van der Waals surface area contributed by atoms with Crippen molar-refractivity contribution in [2.45, 2.75) is 6.04 Å². The molecule has 200 valence electrons. The van der Waals surface area contributed by atoms with E-state index in [0.717, 1.165) is 61.9 Å². The van der Waals surface area contributed by atoms with E-state index in [2.05, 4.69) is 65.6 Å². The lowest BCUT2D eigenvalue weighted by atomic mass is 10.0. The molecule has 0 bridgehead atoms. The molecule has 1 atom stereocenters. The zero-order chi connectivity index (χ0) is 28.1. The van der Waals surface area contributed by atoms with E-state index in [9.17, 15) is 0 Å². The van der Waals surface area contributed by atoms with Crippen molar-refractivity contribution in [2.75, 3.05) is 0 Å². The maximum absolute atomic E-state index is 4.91. The van der Waals surface area contributed by atoms with E-state index in [0.29, 0.717) is 0 Å². The molecule has 5 aromatic heterocycles. The minimum atomic E-state index is -0.0810. The lowest BCUT2D eigenvalue weighted by Crippen LogP contribution is -2.23. The highest BCUT2D eigenvalue weighted by atomic mass is 15.0. The number of benzene rings is 1. The van der Waals surface area contributed by atoms with Crippen LogP contribution >= 0.6 is 0 Å². The lowest BCUT2D eigenvalue weighted by molar-refractivity contribution is 0.811. The first kappa shape index (κ1) is 25.1. The van der Waals surface area contributed by atoms with E-state index in [1.165, 1.54) is 0 Å². The van der Waals surface area contributed by atoms with Gasteiger partial charge in [0, 0.05) is 65.6 Å². The zero-order valence-corrected chi connectivity index (χ0v) is 22.4. The number of nitrogens with one attached hydrogen (secondary N) is 1. The minimum Gasteiger partial charge on any atom is -0.372 e. The van der Waals surface area contributed by atoms with Crippen LogP contribution in [0.4, 0.5) is 0 Å². The molecule has 0 fully saturated rings. The van der Waals surface area contributed by atoms with Crippen LogP contribution < -0.4 is 5.32 Å². The van der Waals surface area contributed by atoms with Crippen molar-refractivity contribution in [1.29, 1.82) is 0 Å². The van der Waals surface area contributed by atoms with Crippen molar-refractivity contribution in [3.63, 3.8) is 0 Å². The second kappa shape index (κ2) is 11.3. The maximum atomic E-state index is 4.91. The molecule has 6 heterocycles. The molecule has 0 saturated heterocycles. The highest BCUT2D eigenvalue weighted by Crippen LogP contribution is 2.28. The molecule has 0 aliphatic carbocycles. The van der Waals surface area contributed by atoms with Gasteiger partial charge in [-0.25, -0.2) is 4.98 Å². The van der Waals surface area contributed by atoms with Gasteiger partial charge in [-0.2, -0.15) is 0 Å². The summed E-state index contributed by atoms with van der Waals surface area (Å²) < 4.78 is 0. The number of rotatable bonds is 6. The highest BCUT2D eigenvalue weighted by molar-refractivity contribution is 5.79. The highest BCUT2D eigenvalue weighted by Gasteiger charge is 2.16. The summed E-state index contributed by atoms with van der Waals surface area (Å²) in [5.74, 6) is 0. The largest absolute Gasteiger partial charge is 0.372 e. The Morgan fingerprint density at radius 2 is 1.19 bits per heavy atom. The fourth-order valence-electron chi connectivity index (χ4n) is 4.81. The van der Waals surface area contributed by atoms with Gasteiger partial charge in [-0.3, -0.25) is 29.9 Å². The van der Waals surface area contributed by atoms with Crippen LogP contribution in [0.2, 0.25) is 0 Å². The van der Waals surface area contributed by atoms with Crippen molar-refractivity contribution in [3.05, 3.63) is 140 Å². The standard InChI is InChI=1S/C34H24N8/c1-3-27(17-35-11-1)29-15-25(9-13-39-29)33-21-37-19-31(41-33)23-5-7-24(8-6-23)32-20-38-22-34(42-32)26-10-14-40-30(16-26)28-4-2-12-36-18-28/h1-22,33,41H. The SMILES string of the molecule is C1=NC=C(c2ccc(-c3cncc(-c4ccnc(-c5cccnc5)c4)n3)cc2)NC1c1ccnc(-c2cccnc2)c1. The van der Waals surface area contributed by atoms with Gasteiger partial charge in [-0.1, -0.05) is 24.3 Å². The molecule has 0 radical (unpaired) electrons. The monoisotopic (exact) mass is 544 g/mol. The molecular formula is C34H24N8. The number of aromatic nitrogens is 6. The molecule has 8 heteroatoms. The Morgan fingerprint density at radius 1 is 0.524 bits per heavy atom. The van der Waals surface area contributed by atoms with Crippen LogP contribution in [0.5, 0.6) is 0 Å². The predicted octanol–water partition coefficient (Wildman–Crippen LogP) is 6.44. The molecule has 1 aromatic carbocycles. The van der Waals surface area contributed by atoms with Gasteiger partial charge >= 0.3 is 0 Å². The Bertz CT molecular complexity index is 1900. The van der Waals surface area contributed by atoms with Gasteiger partial charge in [0.15, 0.2) is 0 Å². The summed E-state index contributed by atoms with van der Waals surface area (Å²) in [6.45, 7) is 0. The number of hydrogen-bond acceptors (Lipinski definition) is 8. The summed E-state index contributed by atoms with van der Waals surface area (Å²) in [5, 5.41) is 3.60. The number of pyridine rings is 4. The maximum Gasteiger partial charge on any atom is 0.0894 e. The van der Waals surface area contributed by atoms with Gasteiger partial charge in [-0.05, 0) is 59.7 Å². The molecule has 42 heavy (non-hydrogen) atoms. The molecule has 1 aliphatic rings. The van der Waals surface area contributed by atoms with Crippen LogP contribution in [0, 0.1) is 0 Å².